The second kappa shape index (κ2) is 10.3. The zero-order valence-corrected chi connectivity index (χ0v) is 18.0. The van der Waals surface area contributed by atoms with Gasteiger partial charge in [-0.2, -0.15) is 5.10 Å². The highest BCUT2D eigenvalue weighted by Crippen LogP contribution is 2.23. The molecule has 0 bridgehead atoms. The molecule has 0 radical (unpaired) electrons. The molecule has 2 aromatic rings. The number of nitrogens with one attached hydrogen (secondary N) is 1. The SMILES string of the molecule is CCC(CC)N1CCN(c2ccc(-c3cccc(/C=N/NC(N)=S)c3)cn2)CC1. The van der Waals surface area contributed by atoms with E-state index in [2.05, 4.69) is 58.4 Å². The number of piperazine rings is 1. The lowest BCUT2D eigenvalue weighted by Gasteiger charge is -2.39. The van der Waals surface area contributed by atoms with Gasteiger partial charge in [0.2, 0.25) is 0 Å². The number of hydrazone groups is 1. The van der Waals surface area contributed by atoms with Crippen LogP contribution >= 0.6 is 12.2 Å². The lowest BCUT2D eigenvalue weighted by Crippen LogP contribution is -2.50. The molecule has 1 aromatic carbocycles. The molecular formula is C22H30N6S. The molecule has 1 saturated heterocycles. The topological polar surface area (TPSA) is 69.8 Å². The fourth-order valence-electron chi connectivity index (χ4n) is 3.83. The van der Waals surface area contributed by atoms with Crippen LogP contribution in [0.3, 0.4) is 0 Å². The summed E-state index contributed by atoms with van der Waals surface area (Å²) in [5, 5.41) is 4.17. The molecular weight excluding hydrogens is 380 g/mol. The summed E-state index contributed by atoms with van der Waals surface area (Å²) in [6.07, 6.45) is 6.10. The fourth-order valence-corrected chi connectivity index (χ4v) is 3.89. The monoisotopic (exact) mass is 410 g/mol. The number of nitrogens with zero attached hydrogens (tertiary/aromatic N) is 4. The number of rotatable bonds is 7. The molecule has 1 aliphatic heterocycles. The van der Waals surface area contributed by atoms with Gasteiger partial charge in [0.05, 0.1) is 6.21 Å². The molecule has 6 nitrogen and oxygen atoms in total. The average Bonchev–Trinajstić information content (AvgIpc) is 2.75. The molecule has 7 heteroatoms. The summed E-state index contributed by atoms with van der Waals surface area (Å²) in [6.45, 7) is 8.85. The number of aromatic nitrogens is 1. The molecule has 0 unspecified atom stereocenters. The molecule has 1 aliphatic rings. The lowest BCUT2D eigenvalue weighted by atomic mass is 10.1. The zero-order chi connectivity index (χ0) is 20.6. The molecule has 1 aromatic heterocycles. The van der Waals surface area contributed by atoms with Gasteiger partial charge in [-0.05, 0) is 54.4 Å². The van der Waals surface area contributed by atoms with E-state index in [-0.39, 0.29) is 5.11 Å². The van der Waals surface area contributed by atoms with E-state index in [4.69, 9.17) is 22.9 Å². The fraction of sp³-hybridized carbons (Fsp3) is 0.409. The number of anilines is 1. The van der Waals surface area contributed by atoms with E-state index in [0.717, 1.165) is 48.7 Å². The number of hydrogen-bond acceptors (Lipinski definition) is 5. The molecule has 29 heavy (non-hydrogen) atoms. The Morgan fingerprint density at radius 1 is 1.17 bits per heavy atom. The van der Waals surface area contributed by atoms with Crippen LogP contribution in [0.2, 0.25) is 0 Å². The highest BCUT2D eigenvalue weighted by molar-refractivity contribution is 7.80. The van der Waals surface area contributed by atoms with Crippen molar-refractivity contribution >= 4 is 29.4 Å². The summed E-state index contributed by atoms with van der Waals surface area (Å²) in [5.41, 5.74) is 11.1. The zero-order valence-electron chi connectivity index (χ0n) is 17.2. The summed E-state index contributed by atoms with van der Waals surface area (Å²) < 4.78 is 0. The molecule has 0 saturated carbocycles. The van der Waals surface area contributed by atoms with Crippen molar-refractivity contribution in [1.82, 2.24) is 15.3 Å². The van der Waals surface area contributed by atoms with Gasteiger partial charge in [-0.15, -0.1) is 0 Å². The van der Waals surface area contributed by atoms with Gasteiger partial charge in [-0.25, -0.2) is 4.98 Å². The number of thiocarbonyl (C=S) groups is 1. The largest absolute Gasteiger partial charge is 0.375 e. The summed E-state index contributed by atoms with van der Waals surface area (Å²) in [6, 6.07) is 13.1. The first-order chi connectivity index (χ1) is 14.1. The van der Waals surface area contributed by atoms with Crippen molar-refractivity contribution in [3.05, 3.63) is 48.2 Å². The van der Waals surface area contributed by atoms with Gasteiger partial charge in [0.1, 0.15) is 5.82 Å². The summed E-state index contributed by atoms with van der Waals surface area (Å²) in [4.78, 5) is 9.73. The van der Waals surface area contributed by atoms with E-state index in [9.17, 15) is 0 Å². The normalized spacial score (nSPS) is 15.2. The van der Waals surface area contributed by atoms with E-state index in [0.29, 0.717) is 6.04 Å². The van der Waals surface area contributed by atoms with Gasteiger partial charge in [-0.1, -0.05) is 32.0 Å². The van der Waals surface area contributed by atoms with Crippen molar-refractivity contribution in [2.75, 3.05) is 31.1 Å². The lowest BCUT2D eigenvalue weighted by molar-refractivity contribution is 0.175. The molecule has 2 heterocycles. The Kier molecular flexibility index (Phi) is 7.55. The third kappa shape index (κ3) is 5.74. The van der Waals surface area contributed by atoms with Crippen LogP contribution in [0.15, 0.2) is 47.7 Å². The molecule has 154 valence electrons. The van der Waals surface area contributed by atoms with Gasteiger partial charge in [0.25, 0.3) is 0 Å². The quantitative estimate of drug-likeness (QED) is 0.415. The summed E-state index contributed by atoms with van der Waals surface area (Å²) >= 11 is 4.75. The maximum Gasteiger partial charge on any atom is 0.184 e. The van der Waals surface area contributed by atoms with Gasteiger partial charge < -0.3 is 10.6 Å². The van der Waals surface area contributed by atoms with E-state index >= 15 is 0 Å². The van der Waals surface area contributed by atoms with E-state index in [1.165, 1.54) is 12.8 Å². The second-order valence-electron chi connectivity index (χ2n) is 7.26. The predicted molar refractivity (Wildman–Crippen MR) is 125 cm³/mol. The van der Waals surface area contributed by atoms with Crippen molar-refractivity contribution in [3.63, 3.8) is 0 Å². The van der Waals surface area contributed by atoms with Gasteiger partial charge in [0, 0.05) is 44.0 Å². The van der Waals surface area contributed by atoms with E-state index in [1.54, 1.807) is 6.21 Å². The van der Waals surface area contributed by atoms with Crippen LogP contribution in [0.4, 0.5) is 5.82 Å². The third-order valence-corrected chi connectivity index (χ3v) is 5.54. The van der Waals surface area contributed by atoms with Crippen LogP contribution < -0.4 is 16.1 Å². The Labute approximate surface area is 178 Å². The number of nitrogens with two attached hydrogens (primary N) is 1. The Bertz CT molecular complexity index is 823. The van der Waals surface area contributed by atoms with Crippen molar-refractivity contribution in [1.29, 1.82) is 0 Å². The highest BCUT2D eigenvalue weighted by atomic mass is 32.1. The average molecular weight is 411 g/mol. The van der Waals surface area contributed by atoms with Crippen LogP contribution in [0.25, 0.3) is 11.1 Å². The predicted octanol–water partition coefficient (Wildman–Crippen LogP) is 3.23. The Morgan fingerprint density at radius 2 is 1.93 bits per heavy atom. The van der Waals surface area contributed by atoms with Crippen molar-refractivity contribution < 1.29 is 0 Å². The van der Waals surface area contributed by atoms with Crippen LogP contribution in [0.1, 0.15) is 32.3 Å². The Balaban J connectivity index is 1.64. The third-order valence-electron chi connectivity index (χ3n) is 5.45. The van der Waals surface area contributed by atoms with Crippen molar-refractivity contribution in [2.45, 2.75) is 32.7 Å². The Hall–Kier alpha value is -2.51. The standard InChI is InChI=1S/C22H30N6S/c1-3-20(4-2)27-10-12-28(13-11-27)21-9-8-19(16-24-21)18-7-5-6-17(14-18)15-25-26-22(23)29/h5-9,14-16,20H,3-4,10-13H2,1-2H3,(H3,23,26,29)/b25-15+. The highest BCUT2D eigenvalue weighted by Gasteiger charge is 2.22. The second-order valence-corrected chi connectivity index (χ2v) is 7.70. The minimum absolute atomic E-state index is 0.151. The molecule has 0 spiro atoms. The molecule has 3 rings (SSSR count). The van der Waals surface area contributed by atoms with E-state index < -0.39 is 0 Å². The van der Waals surface area contributed by atoms with Gasteiger partial charge >= 0.3 is 0 Å². The molecule has 3 N–H and O–H groups in total. The first kappa shape index (κ1) is 21.2. The minimum atomic E-state index is 0.151. The van der Waals surface area contributed by atoms with Crippen LogP contribution in [-0.4, -0.2) is 53.4 Å². The van der Waals surface area contributed by atoms with Gasteiger partial charge in [0.15, 0.2) is 5.11 Å². The first-order valence-corrected chi connectivity index (χ1v) is 10.7. The number of benzene rings is 1. The maximum absolute atomic E-state index is 5.38. The smallest absolute Gasteiger partial charge is 0.184 e. The molecule has 0 amide bonds. The minimum Gasteiger partial charge on any atom is -0.375 e. The van der Waals surface area contributed by atoms with Crippen molar-refractivity contribution in [2.24, 2.45) is 10.8 Å². The summed E-state index contributed by atoms with van der Waals surface area (Å²) in [5.74, 6) is 1.05. The van der Waals surface area contributed by atoms with Crippen LogP contribution in [0, 0.1) is 0 Å². The van der Waals surface area contributed by atoms with Crippen molar-refractivity contribution in [3.8, 4) is 11.1 Å². The van der Waals surface area contributed by atoms with Gasteiger partial charge in [-0.3, -0.25) is 10.3 Å². The summed E-state index contributed by atoms with van der Waals surface area (Å²) in [7, 11) is 0. The maximum atomic E-state index is 5.38. The molecule has 1 fully saturated rings. The molecule has 0 aliphatic carbocycles. The van der Waals surface area contributed by atoms with Crippen LogP contribution in [0.5, 0.6) is 0 Å². The van der Waals surface area contributed by atoms with Crippen LogP contribution in [-0.2, 0) is 0 Å². The first-order valence-electron chi connectivity index (χ1n) is 10.2. The number of pyridine rings is 1. The number of hydrogen-bond donors (Lipinski definition) is 2. The Morgan fingerprint density at radius 3 is 2.55 bits per heavy atom. The van der Waals surface area contributed by atoms with E-state index in [1.807, 2.05) is 18.3 Å². The molecule has 0 atom stereocenters.